The third-order valence-electron chi connectivity index (χ3n) is 4.92. The van der Waals surface area contributed by atoms with Gasteiger partial charge in [-0.1, -0.05) is 26.3 Å². The number of nitrogens with zero attached hydrogens (tertiary/aromatic N) is 1. The fourth-order valence-corrected chi connectivity index (χ4v) is 4.07. The van der Waals surface area contributed by atoms with Crippen molar-refractivity contribution in [2.45, 2.75) is 59.5 Å². The summed E-state index contributed by atoms with van der Waals surface area (Å²) in [7, 11) is 1.53. The molecule has 1 aromatic heterocycles. The van der Waals surface area contributed by atoms with Crippen molar-refractivity contribution in [1.29, 1.82) is 0 Å². The van der Waals surface area contributed by atoms with Crippen LogP contribution in [-0.4, -0.2) is 24.7 Å². The van der Waals surface area contributed by atoms with Gasteiger partial charge in [-0.05, 0) is 71.8 Å². The van der Waals surface area contributed by atoms with Gasteiger partial charge in [-0.2, -0.15) is 0 Å². The first-order valence-electron chi connectivity index (χ1n) is 9.76. The highest BCUT2D eigenvalue weighted by atomic mass is 127. The number of carbonyl (C=O) groups excluding carboxylic acids is 1. The van der Waals surface area contributed by atoms with Gasteiger partial charge in [0.15, 0.2) is 0 Å². The highest BCUT2D eigenvalue weighted by Gasteiger charge is 2.26. The topological polar surface area (TPSA) is 57.7 Å². The molecule has 0 spiro atoms. The van der Waals surface area contributed by atoms with Crippen LogP contribution in [0, 0.1) is 6.92 Å². The molecule has 28 heavy (non-hydrogen) atoms. The lowest BCUT2D eigenvalue weighted by Gasteiger charge is -2.29. The van der Waals surface area contributed by atoms with Crippen LogP contribution in [0.1, 0.15) is 73.0 Å². The minimum absolute atomic E-state index is 0.305. The van der Waals surface area contributed by atoms with E-state index in [4.69, 9.17) is 19.0 Å². The number of benzene rings is 1. The molecule has 0 N–H and O–H groups in total. The number of hydrogen-bond donors (Lipinski definition) is 0. The highest BCUT2D eigenvalue weighted by molar-refractivity contribution is 14.2. The lowest BCUT2D eigenvalue weighted by molar-refractivity contribution is 0.0522. The molecule has 1 aliphatic rings. The molecule has 0 amide bonds. The lowest BCUT2D eigenvalue weighted by atomic mass is 9.77. The average molecular weight is 517 g/mol. The highest BCUT2D eigenvalue weighted by Crippen LogP contribution is 2.42. The SMILES string of the molecule is CC.CCOC(=O)c1cc2c(C)cc(C3CCC3)c(COPI)c2nc1OC. The molecule has 154 valence electrons. The van der Waals surface area contributed by atoms with Crippen LogP contribution in [0.4, 0.5) is 0 Å². The summed E-state index contributed by atoms with van der Waals surface area (Å²) in [5, 5.41) is 0.951. The summed E-state index contributed by atoms with van der Waals surface area (Å²) in [4.78, 5) is 17.0. The Morgan fingerprint density at radius 3 is 2.57 bits per heavy atom. The van der Waals surface area contributed by atoms with E-state index < -0.39 is 5.97 Å². The van der Waals surface area contributed by atoms with Crippen molar-refractivity contribution in [2.75, 3.05) is 13.7 Å². The number of hydrogen-bond acceptors (Lipinski definition) is 5. The van der Waals surface area contributed by atoms with E-state index in [1.165, 1.54) is 31.9 Å². The zero-order chi connectivity index (χ0) is 20.7. The summed E-state index contributed by atoms with van der Waals surface area (Å²) in [6, 6.07) is 4.08. The van der Waals surface area contributed by atoms with Crippen LogP contribution < -0.4 is 4.74 Å². The van der Waals surface area contributed by atoms with E-state index in [2.05, 4.69) is 35.0 Å². The van der Waals surface area contributed by atoms with E-state index >= 15 is 0 Å². The van der Waals surface area contributed by atoms with Crippen molar-refractivity contribution in [3.8, 4) is 5.88 Å². The number of aryl methyl sites for hydroxylation is 1. The van der Waals surface area contributed by atoms with Crippen LogP contribution in [0.5, 0.6) is 5.88 Å². The molecule has 1 heterocycles. The van der Waals surface area contributed by atoms with Crippen molar-refractivity contribution >= 4 is 45.4 Å². The summed E-state index contributed by atoms with van der Waals surface area (Å²) in [5.74, 6) is 0.471. The summed E-state index contributed by atoms with van der Waals surface area (Å²) >= 11 is 2.23. The van der Waals surface area contributed by atoms with Crippen LogP contribution in [0.25, 0.3) is 10.9 Å². The maximum absolute atomic E-state index is 12.3. The number of pyridine rings is 1. The first-order chi connectivity index (χ1) is 13.6. The Balaban J connectivity index is 0.00000136. The average Bonchev–Trinajstić information content (AvgIpc) is 2.67. The van der Waals surface area contributed by atoms with Crippen LogP contribution in [-0.2, 0) is 15.9 Å². The minimum Gasteiger partial charge on any atom is -0.480 e. The Kier molecular flexibility index (Phi) is 9.38. The number of halogens is 1. The van der Waals surface area contributed by atoms with E-state index in [1.807, 2.05) is 19.9 Å². The van der Waals surface area contributed by atoms with Gasteiger partial charge >= 0.3 is 5.97 Å². The van der Waals surface area contributed by atoms with E-state index in [0.717, 1.165) is 22.0 Å². The Morgan fingerprint density at radius 2 is 2.04 bits per heavy atom. The van der Waals surface area contributed by atoms with Gasteiger partial charge in [-0.15, -0.1) is 0 Å². The third-order valence-corrected chi connectivity index (χ3v) is 6.11. The van der Waals surface area contributed by atoms with Gasteiger partial charge in [0, 0.05) is 10.9 Å². The Bertz CT molecular complexity index is 824. The van der Waals surface area contributed by atoms with Crippen LogP contribution in [0.15, 0.2) is 12.1 Å². The maximum Gasteiger partial charge on any atom is 0.343 e. The molecule has 0 radical (unpaired) electrons. The van der Waals surface area contributed by atoms with Crippen LogP contribution in [0.2, 0.25) is 0 Å². The van der Waals surface area contributed by atoms with Gasteiger partial charge in [0.2, 0.25) is 5.88 Å². The summed E-state index contributed by atoms with van der Waals surface area (Å²) < 4.78 is 16.3. The van der Waals surface area contributed by atoms with Crippen molar-refractivity contribution < 1.29 is 18.8 Å². The van der Waals surface area contributed by atoms with E-state index in [0.29, 0.717) is 37.0 Å². The fraction of sp³-hybridized carbons (Fsp3) is 0.524. The lowest BCUT2D eigenvalue weighted by Crippen LogP contribution is -2.14. The van der Waals surface area contributed by atoms with Gasteiger partial charge in [-0.25, -0.2) is 9.78 Å². The molecule has 1 saturated carbocycles. The van der Waals surface area contributed by atoms with Crippen molar-refractivity contribution in [3.05, 3.63) is 34.4 Å². The number of ether oxygens (including phenoxy) is 2. The predicted molar refractivity (Wildman–Crippen MR) is 124 cm³/mol. The van der Waals surface area contributed by atoms with Gasteiger partial charge in [0.1, 0.15) is 5.56 Å². The number of aromatic nitrogens is 1. The quantitative estimate of drug-likeness (QED) is 0.239. The molecule has 1 atom stereocenters. The summed E-state index contributed by atoms with van der Waals surface area (Å²) in [6.45, 7) is 9.08. The maximum atomic E-state index is 12.3. The first-order valence-corrected chi connectivity index (χ1v) is 13.8. The zero-order valence-corrected chi connectivity index (χ0v) is 20.4. The van der Waals surface area contributed by atoms with E-state index in [1.54, 1.807) is 6.92 Å². The molecule has 2 aromatic rings. The van der Waals surface area contributed by atoms with Crippen molar-refractivity contribution in [2.24, 2.45) is 0 Å². The second-order valence-corrected chi connectivity index (χ2v) is 8.18. The van der Waals surface area contributed by atoms with Crippen molar-refractivity contribution in [3.63, 3.8) is 0 Å². The number of esters is 1. The third kappa shape index (κ3) is 4.95. The molecule has 7 heteroatoms. The number of rotatable bonds is 7. The van der Waals surface area contributed by atoms with Gasteiger partial charge in [-0.3, -0.25) is 0 Å². The van der Waals surface area contributed by atoms with Crippen LogP contribution in [0.3, 0.4) is 0 Å². The number of carbonyl (C=O) groups is 1. The molecule has 3 rings (SSSR count). The molecule has 1 fully saturated rings. The second kappa shape index (κ2) is 11.3. The monoisotopic (exact) mass is 517 g/mol. The van der Waals surface area contributed by atoms with Crippen LogP contribution >= 0.6 is 28.5 Å². The molecule has 1 aromatic carbocycles. The normalized spacial score (nSPS) is 13.9. The summed E-state index contributed by atoms with van der Waals surface area (Å²) in [6.07, 6.45) is 3.69. The standard InChI is InChI=1S/C19H23INO4P.C2H6/c1-4-24-19(22)15-9-13-11(2)8-14(12-6-5-7-12)16(10-25-26-20)17(13)21-18(15)23-3;1-2/h8-9,12,26H,4-7,10H2,1-3H3;1-2H3. The molecule has 1 unspecified atom stereocenters. The van der Waals surface area contributed by atoms with Gasteiger partial charge in [0.25, 0.3) is 0 Å². The number of methoxy groups -OCH3 is 1. The smallest absolute Gasteiger partial charge is 0.343 e. The second-order valence-electron chi connectivity index (χ2n) is 6.42. The Labute approximate surface area is 182 Å². The van der Waals surface area contributed by atoms with Gasteiger partial charge < -0.3 is 14.0 Å². The molecular formula is C21H29INO4P. The molecule has 0 saturated heterocycles. The molecular weight excluding hydrogens is 488 g/mol. The fourth-order valence-electron chi connectivity index (χ4n) is 3.41. The minimum atomic E-state index is -0.409. The molecule has 0 aliphatic heterocycles. The molecule has 5 nitrogen and oxygen atoms in total. The zero-order valence-electron chi connectivity index (χ0n) is 17.2. The largest absolute Gasteiger partial charge is 0.480 e. The van der Waals surface area contributed by atoms with E-state index in [9.17, 15) is 4.79 Å². The number of fused-ring (bicyclic) bond motifs is 1. The predicted octanol–water partition coefficient (Wildman–Crippen LogP) is 6.48. The Morgan fingerprint density at radius 1 is 1.32 bits per heavy atom. The van der Waals surface area contributed by atoms with Gasteiger partial charge in [0.05, 0.1) is 32.3 Å². The van der Waals surface area contributed by atoms with E-state index in [-0.39, 0.29) is 0 Å². The summed E-state index contributed by atoms with van der Waals surface area (Å²) in [5.41, 5.74) is 4.79. The molecule has 0 bridgehead atoms. The first kappa shape index (κ1) is 23.3. The van der Waals surface area contributed by atoms with Crippen molar-refractivity contribution in [1.82, 2.24) is 4.98 Å². The molecule has 1 aliphatic carbocycles. The Hall–Kier alpha value is -0.980.